The van der Waals surface area contributed by atoms with Gasteiger partial charge in [0.15, 0.2) is 0 Å². The van der Waals surface area contributed by atoms with Crippen molar-refractivity contribution in [1.82, 2.24) is 4.90 Å². The third kappa shape index (κ3) is 3.45. The Kier molecular flexibility index (Phi) is 4.77. The van der Waals surface area contributed by atoms with Gasteiger partial charge in [0.25, 0.3) is 0 Å². The number of ether oxygens (including phenoxy) is 1. The minimum atomic E-state index is -0.246. The number of benzene rings is 2. The number of hydrogen-bond acceptors (Lipinski definition) is 2. The zero-order chi connectivity index (χ0) is 16.1. The van der Waals surface area contributed by atoms with Crippen LogP contribution in [-0.4, -0.2) is 24.1 Å². The highest BCUT2D eigenvalue weighted by Crippen LogP contribution is 2.31. The van der Waals surface area contributed by atoms with Crippen LogP contribution in [0.1, 0.15) is 29.7 Å². The lowest BCUT2D eigenvalue weighted by atomic mass is 9.92. The standard InChI is InChI=1S/C20H21NO2/c1-2-23-20(22)21-15-14-17-10-6-7-11-18(17)19(21)13-12-16-8-4-3-5-9-16/h3-13,19H,2,14-15H2,1H3/b13-12+/t19-/m0/s1. The quantitative estimate of drug-likeness (QED) is 0.838. The van der Waals surface area contributed by atoms with Crippen LogP contribution in [-0.2, 0) is 11.2 Å². The van der Waals surface area contributed by atoms with Crippen molar-refractivity contribution in [2.45, 2.75) is 19.4 Å². The first-order chi connectivity index (χ1) is 11.3. The average Bonchev–Trinajstić information content (AvgIpc) is 2.60. The van der Waals surface area contributed by atoms with Crippen LogP contribution in [0.5, 0.6) is 0 Å². The SMILES string of the molecule is CCOC(=O)N1CCc2ccccc2[C@@H]1/C=C/c1ccccc1. The largest absolute Gasteiger partial charge is 0.450 e. The highest BCUT2D eigenvalue weighted by molar-refractivity contribution is 5.70. The van der Waals surface area contributed by atoms with Crippen LogP contribution in [0.2, 0.25) is 0 Å². The highest BCUT2D eigenvalue weighted by Gasteiger charge is 2.29. The molecule has 0 bridgehead atoms. The van der Waals surface area contributed by atoms with E-state index in [2.05, 4.69) is 42.5 Å². The van der Waals surface area contributed by atoms with Crippen LogP contribution in [0.25, 0.3) is 6.08 Å². The van der Waals surface area contributed by atoms with E-state index in [0.29, 0.717) is 13.2 Å². The van der Waals surface area contributed by atoms with Crippen molar-refractivity contribution in [3.8, 4) is 0 Å². The van der Waals surface area contributed by atoms with Crippen LogP contribution in [0.15, 0.2) is 60.7 Å². The molecule has 0 saturated carbocycles. The van der Waals surface area contributed by atoms with Crippen molar-refractivity contribution in [3.05, 3.63) is 77.4 Å². The van der Waals surface area contributed by atoms with Gasteiger partial charge in [-0.05, 0) is 30.0 Å². The summed E-state index contributed by atoms with van der Waals surface area (Å²) < 4.78 is 5.23. The number of carbonyl (C=O) groups excluding carboxylic acids is 1. The summed E-state index contributed by atoms with van der Waals surface area (Å²) in [6.45, 7) is 2.91. The monoisotopic (exact) mass is 307 g/mol. The van der Waals surface area contributed by atoms with E-state index >= 15 is 0 Å². The van der Waals surface area contributed by atoms with Gasteiger partial charge >= 0.3 is 6.09 Å². The fraction of sp³-hybridized carbons (Fsp3) is 0.250. The molecule has 1 aliphatic heterocycles. The zero-order valence-electron chi connectivity index (χ0n) is 13.3. The summed E-state index contributed by atoms with van der Waals surface area (Å²) >= 11 is 0. The minimum Gasteiger partial charge on any atom is -0.450 e. The Morgan fingerprint density at radius 2 is 1.91 bits per heavy atom. The lowest BCUT2D eigenvalue weighted by Crippen LogP contribution is -2.39. The number of carbonyl (C=O) groups is 1. The van der Waals surface area contributed by atoms with Gasteiger partial charge in [0.1, 0.15) is 0 Å². The van der Waals surface area contributed by atoms with Crippen LogP contribution < -0.4 is 0 Å². The molecule has 0 N–H and O–H groups in total. The van der Waals surface area contributed by atoms with Gasteiger partial charge in [-0.15, -0.1) is 0 Å². The molecule has 1 amide bonds. The van der Waals surface area contributed by atoms with E-state index in [0.717, 1.165) is 12.0 Å². The predicted octanol–water partition coefficient (Wildman–Crippen LogP) is 4.46. The molecule has 2 aromatic carbocycles. The first-order valence-corrected chi connectivity index (χ1v) is 8.04. The molecule has 1 aliphatic rings. The zero-order valence-corrected chi connectivity index (χ0v) is 13.3. The molecule has 23 heavy (non-hydrogen) atoms. The topological polar surface area (TPSA) is 29.5 Å². The third-order valence-electron chi connectivity index (χ3n) is 4.10. The van der Waals surface area contributed by atoms with Crippen LogP contribution >= 0.6 is 0 Å². The maximum atomic E-state index is 12.3. The van der Waals surface area contributed by atoms with E-state index in [9.17, 15) is 4.79 Å². The number of hydrogen-bond donors (Lipinski definition) is 0. The second-order valence-corrected chi connectivity index (χ2v) is 5.56. The summed E-state index contributed by atoms with van der Waals surface area (Å²) in [4.78, 5) is 14.1. The van der Waals surface area contributed by atoms with E-state index in [4.69, 9.17) is 4.74 Å². The lowest BCUT2D eigenvalue weighted by molar-refractivity contribution is 0.0951. The number of amides is 1. The van der Waals surface area contributed by atoms with Gasteiger partial charge < -0.3 is 4.74 Å². The van der Waals surface area contributed by atoms with E-state index in [1.54, 1.807) is 0 Å². The molecule has 1 atom stereocenters. The predicted molar refractivity (Wildman–Crippen MR) is 92.1 cm³/mol. The van der Waals surface area contributed by atoms with Crippen molar-refractivity contribution < 1.29 is 9.53 Å². The molecule has 0 aromatic heterocycles. The number of nitrogens with zero attached hydrogens (tertiary/aromatic N) is 1. The van der Waals surface area contributed by atoms with Crippen LogP contribution in [0.4, 0.5) is 4.79 Å². The Morgan fingerprint density at radius 1 is 1.17 bits per heavy atom. The summed E-state index contributed by atoms with van der Waals surface area (Å²) in [6.07, 6.45) is 4.78. The van der Waals surface area contributed by atoms with Crippen molar-refractivity contribution in [2.75, 3.05) is 13.2 Å². The summed E-state index contributed by atoms with van der Waals surface area (Å²) in [7, 11) is 0. The Balaban J connectivity index is 1.93. The van der Waals surface area contributed by atoms with Crippen molar-refractivity contribution in [2.24, 2.45) is 0 Å². The minimum absolute atomic E-state index is 0.0841. The van der Waals surface area contributed by atoms with Gasteiger partial charge in [-0.3, -0.25) is 4.90 Å². The van der Waals surface area contributed by atoms with Gasteiger partial charge in [0.2, 0.25) is 0 Å². The summed E-state index contributed by atoms with van der Waals surface area (Å²) in [5, 5.41) is 0. The van der Waals surface area contributed by atoms with Gasteiger partial charge in [-0.2, -0.15) is 0 Å². The fourth-order valence-electron chi connectivity index (χ4n) is 2.98. The van der Waals surface area contributed by atoms with E-state index < -0.39 is 0 Å². The highest BCUT2D eigenvalue weighted by atomic mass is 16.6. The second-order valence-electron chi connectivity index (χ2n) is 5.56. The van der Waals surface area contributed by atoms with E-state index in [1.165, 1.54) is 11.1 Å². The Bertz CT molecular complexity index is 694. The van der Waals surface area contributed by atoms with Gasteiger partial charge in [-0.1, -0.05) is 66.7 Å². The first-order valence-electron chi connectivity index (χ1n) is 8.04. The molecule has 0 radical (unpaired) electrons. The van der Waals surface area contributed by atoms with Gasteiger partial charge in [0, 0.05) is 6.54 Å². The first kappa shape index (κ1) is 15.3. The molecule has 0 spiro atoms. The van der Waals surface area contributed by atoms with Crippen LogP contribution in [0.3, 0.4) is 0 Å². The number of fused-ring (bicyclic) bond motifs is 1. The Hall–Kier alpha value is -2.55. The van der Waals surface area contributed by atoms with Crippen molar-refractivity contribution in [1.29, 1.82) is 0 Å². The van der Waals surface area contributed by atoms with Gasteiger partial charge in [-0.25, -0.2) is 4.79 Å². The summed E-state index contributed by atoms with van der Waals surface area (Å²) in [5.74, 6) is 0. The second kappa shape index (κ2) is 7.14. The molecule has 0 aliphatic carbocycles. The molecular weight excluding hydrogens is 286 g/mol. The van der Waals surface area contributed by atoms with E-state index in [1.807, 2.05) is 36.1 Å². The molecule has 0 saturated heterocycles. The normalized spacial score (nSPS) is 17.1. The fourth-order valence-corrected chi connectivity index (χ4v) is 2.98. The molecular formula is C20H21NO2. The van der Waals surface area contributed by atoms with Crippen molar-refractivity contribution >= 4 is 12.2 Å². The van der Waals surface area contributed by atoms with Crippen molar-refractivity contribution in [3.63, 3.8) is 0 Å². The molecule has 3 nitrogen and oxygen atoms in total. The molecule has 2 aromatic rings. The molecule has 118 valence electrons. The summed E-state index contributed by atoms with van der Waals surface area (Å²) in [6, 6.07) is 18.4. The average molecular weight is 307 g/mol. The molecule has 1 heterocycles. The third-order valence-corrected chi connectivity index (χ3v) is 4.10. The lowest BCUT2D eigenvalue weighted by Gasteiger charge is -2.34. The number of rotatable bonds is 3. The molecule has 3 rings (SSSR count). The maximum absolute atomic E-state index is 12.3. The molecule has 0 fully saturated rings. The molecule has 3 heteroatoms. The summed E-state index contributed by atoms with van der Waals surface area (Å²) in [5.41, 5.74) is 3.61. The van der Waals surface area contributed by atoms with Crippen LogP contribution in [0, 0.1) is 0 Å². The Morgan fingerprint density at radius 3 is 2.70 bits per heavy atom. The van der Waals surface area contributed by atoms with E-state index in [-0.39, 0.29) is 12.1 Å². The smallest absolute Gasteiger partial charge is 0.410 e. The molecule has 0 unspecified atom stereocenters. The van der Waals surface area contributed by atoms with Gasteiger partial charge in [0.05, 0.1) is 12.6 Å². The Labute approximate surface area is 137 Å². The maximum Gasteiger partial charge on any atom is 0.410 e.